The van der Waals surface area contributed by atoms with Crippen LogP contribution in [0, 0.1) is 12.8 Å². The highest BCUT2D eigenvalue weighted by atomic mass is 16.5. The van der Waals surface area contributed by atoms with E-state index in [1.165, 1.54) is 0 Å². The number of likely N-dealkylation sites (N-methyl/N-ethyl adjacent to an activating group) is 1. The van der Waals surface area contributed by atoms with E-state index in [-0.39, 0.29) is 18.1 Å². The van der Waals surface area contributed by atoms with Crippen molar-refractivity contribution in [2.45, 2.75) is 40.5 Å². The molecule has 0 bridgehead atoms. The molecule has 0 unspecified atom stereocenters. The monoisotopic (exact) mass is 398 g/mol. The van der Waals surface area contributed by atoms with Gasteiger partial charge in [-0.25, -0.2) is 4.79 Å². The van der Waals surface area contributed by atoms with Crippen LogP contribution in [0.4, 0.5) is 11.4 Å². The van der Waals surface area contributed by atoms with Crippen LogP contribution in [0.3, 0.4) is 0 Å². The molecule has 1 aliphatic rings. The van der Waals surface area contributed by atoms with E-state index in [2.05, 4.69) is 19.2 Å². The molecule has 1 aromatic heterocycles. The third kappa shape index (κ3) is 4.50. The predicted octanol–water partition coefficient (Wildman–Crippen LogP) is 3.53. The summed E-state index contributed by atoms with van der Waals surface area (Å²) in [6.45, 7) is 8.31. The molecule has 7 nitrogen and oxygen atoms in total. The lowest BCUT2D eigenvalue weighted by Crippen LogP contribution is -2.38. The van der Waals surface area contributed by atoms with Crippen molar-refractivity contribution in [3.05, 3.63) is 51.6 Å². The maximum Gasteiger partial charge on any atom is 0.349 e. The van der Waals surface area contributed by atoms with Gasteiger partial charge in [-0.05, 0) is 49.9 Å². The summed E-state index contributed by atoms with van der Waals surface area (Å²) < 4.78 is 10.8. The average Bonchev–Trinajstić information content (AvgIpc) is 2.66. The highest BCUT2D eigenvalue weighted by molar-refractivity contribution is 6.05. The molecule has 2 aromatic rings. The molecule has 0 aliphatic carbocycles. The Hall–Kier alpha value is -3.09. The van der Waals surface area contributed by atoms with Gasteiger partial charge < -0.3 is 19.4 Å². The van der Waals surface area contributed by atoms with Gasteiger partial charge in [0.15, 0.2) is 6.61 Å². The number of hydrogen-bond donors (Lipinski definition) is 1. The SMILES string of the molecule is CCN1C(=O)COc2cc(NC(=O)c3c(C)cc(CCC(C)C)oc3=O)ccc21. The van der Waals surface area contributed by atoms with Crippen LogP contribution >= 0.6 is 0 Å². The Morgan fingerprint density at radius 1 is 1.24 bits per heavy atom. The van der Waals surface area contributed by atoms with E-state index >= 15 is 0 Å². The van der Waals surface area contributed by atoms with Gasteiger partial charge in [-0.3, -0.25) is 9.59 Å². The molecule has 7 heteroatoms. The molecule has 2 heterocycles. The number of ether oxygens (including phenoxy) is 1. The molecule has 0 radical (unpaired) electrons. The average molecular weight is 398 g/mol. The summed E-state index contributed by atoms with van der Waals surface area (Å²) in [6, 6.07) is 6.79. The summed E-state index contributed by atoms with van der Waals surface area (Å²) in [5.41, 5.74) is 1.06. The summed E-state index contributed by atoms with van der Waals surface area (Å²) in [4.78, 5) is 38.6. The first-order valence-electron chi connectivity index (χ1n) is 9.82. The van der Waals surface area contributed by atoms with Crippen molar-refractivity contribution in [3.63, 3.8) is 0 Å². The fraction of sp³-hybridized carbons (Fsp3) is 0.409. The van der Waals surface area contributed by atoms with Gasteiger partial charge >= 0.3 is 5.63 Å². The van der Waals surface area contributed by atoms with Gasteiger partial charge in [0.1, 0.15) is 17.1 Å². The number of fused-ring (bicyclic) bond motifs is 1. The fourth-order valence-corrected chi connectivity index (χ4v) is 3.32. The minimum atomic E-state index is -0.641. The number of carbonyl (C=O) groups is 2. The highest BCUT2D eigenvalue weighted by Crippen LogP contribution is 2.34. The second-order valence-electron chi connectivity index (χ2n) is 7.55. The van der Waals surface area contributed by atoms with Crippen molar-refractivity contribution in [2.75, 3.05) is 23.4 Å². The predicted molar refractivity (Wildman–Crippen MR) is 111 cm³/mol. The van der Waals surface area contributed by atoms with Crippen molar-refractivity contribution in [1.82, 2.24) is 0 Å². The molecule has 2 amide bonds. The van der Waals surface area contributed by atoms with E-state index in [0.29, 0.717) is 47.3 Å². The van der Waals surface area contributed by atoms with Crippen molar-refractivity contribution >= 4 is 23.2 Å². The van der Waals surface area contributed by atoms with Crippen LogP contribution in [0.1, 0.15) is 48.9 Å². The van der Waals surface area contributed by atoms with Crippen molar-refractivity contribution in [3.8, 4) is 5.75 Å². The number of carbonyl (C=O) groups excluding carboxylic acids is 2. The minimum absolute atomic E-state index is 0.0118. The molecule has 1 N–H and O–H groups in total. The first-order valence-corrected chi connectivity index (χ1v) is 9.82. The van der Waals surface area contributed by atoms with E-state index in [1.807, 2.05) is 6.92 Å². The first-order chi connectivity index (χ1) is 13.8. The number of nitrogens with one attached hydrogen (secondary N) is 1. The van der Waals surface area contributed by atoms with E-state index in [1.54, 1.807) is 36.1 Å². The number of nitrogens with zero attached hydrogens (tertiary/aromatic N) is 1. The zero-order valence-electron chi connectivity index (χ0n) is 17.2. The highest BCUT2D eigenvalue weighted by Gasteiger charge is 2.25. The van der Waals surface area contributed by atoms with Crippen molar-refractivity contribution in [1.29, 1.82) is 0 Å². The van der Waals surface area contributed by atoms with Crippen molar-refractivity contribution in [2.24, 2.45) is 5.92 Å². The summed E-state index contributed by atoms with van der Waals surface area (Å²) in [5, 5.41) is 2.72. The second kappa shape index (κ2) is 8.51. The molecule has 3 rings (SSSR count). The third-order valence-corrected chi connectivity index (χ3v) is 4.87. The molecule has 0 fully saturated rings. The Morgan fingerprint density at radius 3 is 2.66 bits per heavy atom. The minimum Gasteiger partial charge on any atom is -0.481 e. The standard InChI is InChI=1S/C22H26N2O5/c1-5-24-17-9-7-15(11-18(17)28-12-19(24)25)23-21(26)20-14(4)10-16(29-22(20)27)8-6-13(2)3/h7,9-11,13H,5-6,8,12H2,1-4H3,(H,23,26). The van der Waals surface area contributed by atoms with Crippen LogP contribution < -0.4 is 20.6 Å². The molecular formula is C22H26N2O5. The lowest BCUT2D eigenvalue weighted by atomic mass is 10.0. The number of amides is 2. The molecule has 1 aliphatic heterocycles. The van der Waals surface area contributed by atoms with Crippen LogP contribution in [0.2, 0.25) is 0 Å². The van der Waals surface area contributed by atoms with Gasteiger partial charge in [0.2, 0.25) is 0 Å². The quantitative estimate of drug-likeness (QED) is 0.804. The fourth-order valence-electron chi connectivity index (χ4n) is 3.32. The normalized spacial score (nSPS) is 13.3. The Kier molecular flexibility index (Phi) is 6.06. The Bertz CT molecular complexity index is 993. The van der Waals surface area contributed by atoms with Crippen LogP contribution in [0.25, 0.3) is 0 Å². The third-order valence-electron chi connectivity index (χ3n) is 4.87. The molecular weight excluding hydrogens is 372 g/mol. The maximum absolute atomic E-state index is 12.7. The number of anilines is 2. The largest absolute Gasteiger partial charge is 0.481 e. The van der Waals surface area contributed by atoms with E-state index in [9.17, 15) is 14.4 Å². The maximum atomic E-state index is 12.7. The first kappa shape index (κ1) is 20.6. The van der Waals surface area contributed by atoms with Gasteiger partial charge in [0.05, 0.1) is 5.69 Å². The zero-order valence-corrected chi connectivity index (χ0v) is 17.2. The molecule has 0 saturated carbocycles. The van der Waals surface area contributed by atoms with Crippen LogP contribution in [0.5, 0.6) is 5.75 Å². The Balaban J connectivity index is 1.80. The Labute approximate surface area is 169 Å². The van der Waals surface area contributed by atoms with E-state index < -0.39 is 11.5 Å². The van der Waals surface area contributed by atoms with Crippen molar-refractivity contribution < 1.29 is 18.7 Å². The molecule has 0 saturated heterocycles. The van der Waals surface area contributed by atoms with Gasteiger partial charge in [0.25, 0.3) is 11.8 Å². The topological polar surface area (TPSA) is 88.8 Å². The van der Waals surface area contributed by atoms with Gasteiger partial charge in [-0.2, -0.15) is 0 Å². The summed E-state index contributed by atoms with van der Waals surface area (Å²) >= 11 is 0. The van der Waals surface area contributed by atoms with E-state index in [0.717, 1.165) is 6.42 Å². The van der Waals surface area contributed by atoms with Gasteiger partial charge in [-0.1, -0.05) is 13.8 Å². The number of aryl methyl sites for hydroxylation is 2. The number of hydrogen-bond acceptors (Lipinski definition) is 5. The zero-order chi connectivity index (χ0) is 21.1. The lowest BCUT2D eigenvalue weighted by molar-refractivity contribution is -0.121. The smallest absolute Gasteiger partial charge is 0.349 e. The van der Waals surface area contributed by atoms with Crippen LogP contribution in [-0.4, -0.2) is 25.0 Å². The summed E-state index contributed by atoms with van der Waals surface area (Å²) in [5.74, 6) is 0.948. The molecule has 1 aromatic carbocycles. The van der Waals surface area contributed by atoms with Crippen LogP contribution in [0.15, 0.2) is 33.5 Å². The molecule has 29 heavy (non-hydrogen) atoms. The second-order valence-corrected chi connectivity index (χ2v) is 7.55. The number of benzene rings is 1. The molecule has 154 valence electrons. The number of rotatable bonds is 6. The van der Waals surface area contributed by atoms with Gasteiger partial charge in [-0.15, -0.1) is 0 Å². The molecule has 0 spiro atoms. The molecule has 0 atom stereocenters. The summed E-state index contributed by atoms with van der Waals surface area (Å²) in [6.07, 6.45) is 1.56. The lowest BCUT2D eigenvalue weighted by Gasteiger charge is -2.28. The Morgan fingerprint density at radius 2 is 2.00 bits per heavy atom. The summed E-state index contributed by atoms with van der Waals surface area (Å²) in [7, 11) is 0. The van der Waals surface area contributed by atoms with E-state index in [4.69, 9.17) is 9.15 Å². The van der Waals surface area contributed by atoms with Crippen LogP contribution in [-0.2, 0) is 11.2 Å². The van der Waals surface area contributed by atoms with Gasteiger partial charge in [0, 0.05) is 24.7 Å².